The van der Waals surface area contributed by atoms with Gasteiger partial charge in [-0.25, -0.2) is 0 Å². The molecule has 2 atom stereocenters. The van der Waals surface area contributed by atoms with E-state index >= 15 is 0 Å². The van der Waals surface area contributed by atoms with E-state index in [1.165, 1.54) is 0 Å². The van der Waals surface area contributed by atoms with Crippen LogP contribution in [0.4, 0.5) is 0 Å². The van der Waals surface area contributed by atoms with Crippen LogP contribution in [0.25, 0.3) is 0 Å². The fraction of sp³-hybridized carbons (Fsp3) is 1.00. The Morgan fingerprint density at radius 3 is 1.79 bits per heavy atom. The maximum Gasteiger partial charge on any atom is 0.162 e. The van der Waals surface area contributed by atoms with Crippen molar-refractivity contribution in [3.05, 3.63) is 0 Å². The van der Waals surface area contributed by atoms with Gasteiger partial charge in [0, 0.05) is 13.0 Å². The first kappa shape index (κ1) is 13.9. The molecule has 3 nitrogen and oxygen atoms in total. The van der Waals surface area contributed by atoms with E-state index in [1.807, 2.05) is 27.7 Å². The van der Waals surface area contributed by atoms with Crippen molar-refractivity contribution in [2.75, 3.05) is 7.11 Å². The molecule has 0 saturated heterocycles. The summed E-state index contributed by atoms with van der Waals surface area (Å²) in [6, 6.07) is 0. The van der Waals surface area contributed by atoms with Gasteiger partial charge in [-0.1, -0.05) is 6.92 Å². The Kier molecular flexibility index (Phi) is 4.56. The fourth-order valence-corrected chi connectivity index (χ4v) is 1.17. The Bertz CT molecular complexity index is 170. The standard InChI is InChI=1S/C11H24O3/c1-8(10(3,4)12)9(2)14-11(5,6)13-7/h8-9,12H,1-7H3. The molecule has 0 spiro atoms. The summed E-state index contributed by atoms with van der Waals surface area (Å²) in [7, 11) is 1.61. The van der Waals surface area contributed by atoms with Gasteiger partial charge in [0.2, 0.25) is 0 Å². The Hall–Kier alpha value is -0.120. The summed E-state index contributed by atoms with van der Waals surface area (Å²) in [6.45, 7) is 11.2. The molecule has 0 aromatic heterocycles. The summed E-state index contributed by atoms with van der Waals surface area (Å²) in [6.07, 6.45) is -0.0510. The number of rotatable bonds is 5. The van der Waals surface area contributed by atoms with E-state index in [0.29, 0.717) is 0 Å². The number of methoxy groups -OCH3 is 1. The molecule has 0 radical (unpaired) electrons. The Balaban J connectivity index is 4.28. The molecule has 0 aliphatic carbocycles. The third-order valence-corrected chi connectivity index (χ3v) is 2.78. The van der Waals surface area contributed by atoms with Gasteiger partial charge < -0.3 is 14.6 Å². The summed E-state index contributed by atoms with van der Waals surface area (Å²) in [5.74, 6) is -0.546. The zero-order chi connectivity index (χ0) is 11.6. The number of hydrogen-bond acceptors (Lipinski definition) is 3. The van der Waals surface area contributed by atoms with Crippen molar-refractivity contribution >= 4 is 0 Å². The highest BCUT2D eigenvalue weighted by atomic mass is 16.7. The van der Waals surface area contributed by atoms with E-state index in [-0.39, 0.29) is 12.0 Å². The summed E-state index contributed by atoms with van der Waals surface area (Å²) >= 11 is 0. The lowest BCUT2D eigenvalue weighted by Gasteiger charge is -2.35. The first-order valence-corrected chi connectivity index (χ1v) is 5.05. The highest BCUT2D eigenvalue weighted by Crippen LogP contribution is 2.25. The SMILES string of the molecule is COC(C)(C)OC(C)C(C)C(C)(C)O. The van der Waals surface area contributed by atoms with Gasteiger partial charge >= 0.3 is 0 Å². The van der Waals surface area contributed by atoms with Crippen molar-refractivity contribution < 1.29 is 14.6 Å². The van der Waals surface area contributed by atoms with Gasteiger partial charge in [0.05, 0.1) is 11.7 Å². The molecular formula is C11H24O3. The third kappa shape index (κ3) is 4.40. The van der Waals surface area contributed by atoms with Gasteiger partial charge in [-0.05, 0) is 34.6 Å². The Morgan fingerprint density at radius 1 is 1.07 bits per heavy atom. The van der Waals surface area contributed by atoms with Crippen LogP contribution in [-0.2, 0) is 9.47 Å². The largest absolute Gasteiger partial charge is 0.390 e. The monoisotopic (exact) mass is 204 g/mol. The van der Waals surface area contributed by atoms with Crippen molar-refractivity contribution in [1.29, 1.82) is 0 Å². The van der Waals surface area contributed by atoms with E-state index in [9.17, 15) is 5.11 Å². The number of aliphatic hydroxyl groups is 1. The average molecular weight is 204 g/mol. The van der Waals surface area contributed by atoms with E-state index in [2.05, 4.69) is 0 Å². The van der Waals surface area contributed by atoms with Gasteiger partial charge in [-0.15, -0.1) is 0 Å². The van der Waals surface area contributed by atoms with Crippen molar-refractivity contribution in [2.45, 2.75) is 59.0 Å². The summed E-state index contributed by atoms with van der Waals surface area (Å²) < 4.78 is 10.9. The van der Waals surface area contributed by atoms with Gasteiger partial charge in [0.25, 0.3) is 0 Å². The second kappa shape index (κ2) is 4.60. The highest BCUT2D eigenvalue weighted by molar-refractivity contribution is 4.79. The molecule has 0 bridgehead atoms. The van der Waals surface area contributed by atoms with E-state index in [1.54, 1.807) is 21.0 Å². The van der Waals surface area contributed by atoms with Crippen molar-refractivity contribution in [3.8, 4) is 0 Å². The zero-order valence-electron chi connectivity index (χ0n) is 10.4. The summed E-state index contributed by atoms with van der Waals surface area (Å²) in [5.41, 5.74) is -0.733. The lowest BCUT2D eigenvalue weighted by Crippen LogP contribution is -2.42. The molecule has 0 amide bonds. The second-order valence-corrected chi connectivity index (χ2v) is 4.87. The Labute approximate surface area is 87.4 Å². The molecule has 0 heterocycles. The van der Waals surface area contributed by atoms with Crippen LogP contribution in [-0.4, -0.2) is 29.7 Å². The van der Waals surface area contributed by atoms with Crippen LogP contribution in [0.15, 0.2) is 0 Å². The first-order chi connectivity index (χ1) is 6.10. The van der Waals surface area contributed by atoms with Gasteiger partial charge in [0.15, 0.2) is 5.79 Å². The average Bonchev–Trinajstić information content (AvgIpc) is 2.00. The number of hydrogen-bond donors (Lipinski definition) is 1. The van der Waals surface area contributed by atoms with Crippen LogP contribution in [0.1, 0.15) is 41.5 Å². The highest BCUT2D eigenvalue weighted by Gasteiger charge is 2.31. The van der Waals surface area contributed by atoms with Crippen LogP contribution >= 0.6 is 0 Å². The topological polar surface area (TPSA) is 38.7 Å². The van der Waals surface area contributed by atoms with Crippen LogP contribution in [0.2, 0.25) is 0 Å². The fourth-order valence-electron chi connectivity index (χ4n) is 1.17. The zero-order valence-corrected chi connectivity index (χ0v) is 10.4. The van der Waals surface area contributed by atoms with Crippen molar-refractivity contribution in [3.63, 3.8) is 0 Å². The van der Waals surface area contributed by atoms with Crippen molar-refractivity contribution in [2.24, 2.45) is 5.92 Å². The van der Waals surface area contributed by atoms with Crippen LogP contribution in [0.5, 0.6) is 0 Å². The van der Waals surface area contributed by atoms with E-state index in [0.717, 1.165) is 0 Å². The molecule has 0 rings (SSSR count). The molecule has 0 aliphatic heterocycles. The normalized spacial score (nSPS) is 18.0. The Morgan fingerprint density at radius 2 is 1.50 bits per heavy atom. The van der Waals surface area contributed by atoms with Crippen LogP contribution in [0, 0.1) is 5.92 Å². The molecule has 86 valence electrons. The molecule has 0 fully saturated rings. The van der Waals surface area contributed by atoms with Crippen LogP contribution < -0.4 is 0 Å². The first-order valence-electron chi connectivity index (χ1n) is 5.05. The van der Waals surface area contributed by atoms with Gasteiger partial charge in [-0.2, -0.15) is 0 Å². The van der Waals surface area contributed by atoms with Crippen molar-refractivity contribution in [1.82, 2.24) is 0 Å². The molecule has 0 saturated carbocycles. The third-order valence-electron chi connectivity index (χ3n) is 2.78. The maximum absolute atomic E-state index is 9.81. The van der Waals surface area contributed by atoms with E-state index < -0.39 is 11.4 Å². The molecular weight excluding hydrogens is 180 g/mol. The number of ether oxygens (including phenoxy) is 2. The minimum atomic E-state index is -0.733. The smallest absolute Gasteiger partial charge is 0.162 e. The molecule has 0 aromatic carbocycles. The molecule has 1 N–H and O–H groups in total. The predicted octanol–water partition coefficient (Wildman–Crippen LogP) is 2.18. The molecule has 14 heavy (non-hydrogen) atoms. The predicted molar refractivity (Wildman–Crippen MR) is 57.1 cm³/mol. The summed E-state index contributed by atoms with van der Waals surface area (Å²) in [5, 5.41) is 9.81. The molecule has 3 heteroatoms. The molecule has 0 aliphatic rings. The lowest BCUT2D eigenvalue weighted by molar-refractivity contribution is -0.237. The van der Waals surface area contributed by atoms with Crippen LogP contribution in [0.3, 0.4) is 0 Å². The van der Waals surface area contributed by atoms with E-state index in [4.69, 9.17) is 9.47 Å². The molecule has 0 aromatic rings. The minimum absolute atomic E-state index is 0.0510. The molecule has 2 unspecified atom stereocenters. The minimum Gasteiger partial charge on any atom is -0.390 e. The second-order valence-electron chi connectivity index (χ2n) is 4.87. The van der Waals surface area contributed by atoms with Gasteiger partial charge in [-0.3, -0.25) is 0 Å². The summed E-state index contributed by atoms with van der Waals surface area (Å²) in [4.78, 5) is 0. The lowest BCUT2D eigenvalue weighted by atomic mass is 9.88. The quantitative estimate of drug-likeness (QED) is 0.698. The van der Waals surface area contributed by atoms with Gasteiger partial charge in [0.1, 0.15) is 0 Å². The maximum atomic E-state index is 9.81.